The summed E-state index contributed by atoms with van der Waals surface area (Å²) in [6.45, 7) is 0. The van der Waals surface area contributed by atoms with Gasteiger partial charge in [-0.3, -0.25) is 4.79 Å². The van der Waals surface area contributed by atoms with Gasteiger partial charge in [0.25, 0.3) is 0 Å². The number of amides is 3. The van der Waals surface area contributed by atoms with Gasteiger partial charge in [0, 0.05) is 0 Å². The average Bonchev–Trinajstić information content (AvgIpc) is 2.45. The van der Waals surface area contributed by atoms with Gasteiger partial charge in [-0.15, -0.1) is 0 Å². The van der Waals surface area contributed by atoms with E-state index in [4.69, 9.17) is 4.79 Å². The Bertz CT molecular complexity index is 402. The fourth-order valence-corrected chi connectivity index (χ4v) is 0.884. The van der Waals surface area contributed by atoms with Crippen LogP contribution in [0.2, 0.25) is 0 Å². The van der Waals surface area contributed by atoms with Crippen LogP contribution >= 0.6 is 0 Å². The number of nitrogens with zero attached hydrogens (tertiary/aromatic N) is 2. The van der Waals surface area contributed by atoms with Crippen molar-refractivity contribution in [3.8, 4) is 0 Å². The third-order valence-corrected chi connectivity index (χ3v) is 1.31. The fraction of sp³-hybridized carbons (Fsp3) is 0. The van der Waals surface area contributed by atoms with E-state index in [1.807, 2.05) is 12.1 Å². The zero-order valence-corrected chi connectivity index (χ0v) is 6.68. The molecule has 0 aliphatic carbocycles. The van der Waals surface area contributed by atoms with E-state index in [0.29, 0.717) is 10.7 Å². The molecule has 2 N–H and O–H groups in total. The van der Waals surface area contributed by atoms with Crippen LogP contribution < -0.4 is 16.4 Å². The highest BCUT2D eigenvalue weighted by molar-refractivity contribution is 5.77. The molecular weight excluding hydrogens is 170 g/mol. The Labute approximate surface area is 73.6 Å². The summed E-state index contributed by atoms with van der Waals surface area (Å²) in [6.07, 6.45) is 0.250. The van der Waals surface area contributed by atoms with E-state index in [0.717, 1.165) is 0 Å². The zero-order valence-electron chi connectivity index (χ0n) is 6.68. The van der Waals surface area contributed by atoms with E-state index in [1.165, 1.54) is 0 Å². The minimum atomic E-state index is -0.402. The quantitative estimate of drug-likeness (QED) is 0.524. The Balaban J connectivity index is 0.000000251. The van der Waals surface area contributed by atoms with E-state index in [-0.39, 0.29) is 6.41 Å². The van der Waals surface area contributed by atoms with E-state index in [9.17, 15) is 4.79 Å². The monoisotopic (exact) mass is 177 g/mol. The van der Waals surface area contributed by atoms with Crippen LogP contribution in [0, 0.1) is 0 Å². The molecule has 66 valence electrons. The predicted molar refractivity (Wildman–Crippen MR) is 44.4 cm³/mol. The number of rotatable bonds is 0. The highest BCUT2D eigenvalue weighted by Gasteiger charge is 2.01. The third kappa shape index (κ3) is 2.19. The summed E-state index contributed by atoms with van der Waals surface area (Å²) in [5.41, 5.74) is 4.17. The van der Waals surface area contributed by atoms with Crippen molar-refractivity contribution in [1.82, 2.24) is 0 Å². The summed E-state index contributed by atoms with van der Waals surface area (Å²) in [6, 6.07) is 6.79. The number of carbonyl (C=O) groups excluding carboxylic acids is 2. The topological polar surface area (TPSA) is 84.9 Å². The van der Waals surface area contributed by atoms with Crippen LogP contribution in [0.5, 0.6) is 0 Å². The molecule has 0 atom stereocenters. The minimum absolute atomic E-state index is 0.250. The van der Waals surface area contributed by atoms with Gasteiger partial charge < -0.3 is 5.73 Å². The maximum Gasteiger partial charge on any atom is 0.368 e. The lowest BCUT2D eigenvalue weighted by molar-refractivity contribution is -0.106. The van der Waals surface area contributed by atoms with Crippen LogP contribution in [0.4, 0.5) is 4.79 Å². The number of primary amides is 1. The Hall–Kier alpha value is -2.04. The molecule has 0 fully saturated rings. The molecule has 1 heterocycles. The molecule has 5 heteroatoms. The van der Waals surface area contributed by atoms with E-state index < -0.39 is 6.03 Å². The predicted octanol–water partition coefficient (Wildman–Crippen LogP) is -0.839. The van der Waals surface area contributed by atoms with Crippen LogP contribution in [-0.2, 0) is 4.79 Å². The highest BCUT2D eigenvalue weighted by Crippen LogP contribution is 1.82. The SMILES string of the molecule is NC=O.O=C1N=c2ccccc2=N1. The van der Waals surface area contributed by atoms with Crippen LogP contribution in [-0.4, -0.2) is 12.4 Å². The number of urea groups is 1. The van der Waals surface area contributed by atoms with Crippen molar-refractivity contribution in [3.05, 3.63) is 35.0 Å². The molecule has 0 saturated heterocycles. The summed E-state index contributed by atoms with van der Waals surface area (Å²) in [7, 11) is 0. The van der Waals surface area contributed by atoms with Crippen LogP contribution in [0.25, 0.3) is 0 Å². The summed E-state index contributed by atoms with van der Waals surface area (Å²) < 4.78 is 0. The molecule has 0 bridgehead atoms. The van der Waals surface area contributed by atoms with Gasteiger partial charge in [0.15, 0.2) is 0 Å². The molecule has 0 radical (unpaired) electrons. The second kappa shape index (κ2) is 4.10. The van der Waals surface area contributed by atoms with Gasteiger partial charge >= 0.3 is 6.03 Å². The van der Waals surface area contributed by atoms with E-state index in [1.54, 1.807) is 12.1 Å². The first-order chi connectivity index (χ1) is 6.27. The summed E-state index contributed by atoms with van der Waals surface area (Å²) in [5.74, 6) is 0. The molecule has 0 unspecified atom stereocenters. The number of benzene rings is 1. The van der Waals surface area contributed by atoms with Crippen LogP contribution in [0.3, 0.4) is 0 Å². The number of nitrogens with two attached hydrogens (primary N) is 1. The smallest absolute Gasteiger partial charge is 0.368 e. The maximum atomic E-state index is 10.6. The molecule has 13 heavy (non-hydrogen) atoms. The minimum Gasteiger partial charge on any atom is -0.372 e. The number of fused-ring (bicyclic) bond motifs is 1. The lowest BCUT2D eigenvalue weighted by Crippen LogP contribution is -2.19. The molecule has 2 rings (SSSR count). The summed E-state index contributed by atoms with van der Waals surface area (Å²) in [4.78, 5) is 26.4. The molecule has 1 aliphatic heterocycles. The molecule has 5 nitrogen and oxygen atoms in total. The lowest BCUT2D eigenvalue weighted by Gasteiger charge is -1.75. The second-order valence-electron chi connectivity index (χ2n) is 2.13. The summed E-state index contributed by atoms with van der Waals surface area (Å²) >= 11 is 0. The van der Waals surface area contributed by atoms with Crippen molar-refractivity contribution in [2.24, 2.45) is 15.7 Å². The number of para-hydroxylation sites is 2. The molecule has 0 saturated carbocycles. The van der Waals surface area contributed by atoms with Crippen LogP contribution in [0.1, 0.15) is 0 Å². The highest BCUT2D eigenvalue weighted by atomic mass is 16.2. The van der Waals surface area contributed by atoms with Gasteiger partial charge in [-0.1, -0.05) is 12.1 Å². The van der Waals surface area contributed by atoms with E-state index >= 15 is 0 Å². The number of hydrogen-bond acceptors (Lipinski definition) is 2. The molecule has 3 amide bonds. The van der Waals surface area contributed by atoms with Gasteiger partial charge in [0.1, 0.15) is 0 Å². The number of hydrogen-bond donors (Lipinski definition) is 1. The Morgan fingerprint density at radius 3 is 1.92 bits per heavy atom. The van der Waals surface area contributed by atoms with Gasteiger partial charge in [-0.2, -0.15) is 9.98 Å². The molecule has 0 spiro atoms. The standard InChI is InChI=1S/C7H4N2O.CH3NO/c10-7-8-5-3-1-2-4-6(5)9-7;2-1-3/h1-4H;1H,(H2,2,3). The molecule has 1 aromatic carbocycles. The van der Waals surface area contributed by atoms with Gasteiger partial charge in [0.05, 0.1) is 10.7 Å². The second-order valence-corrected chi connectivity index (χ2v) is 2.13. The van der Waals surface area contributed by atoms with Crippen molar-refractivity contribution >= 4 is 12.4 Å². The Morgan fingerprint density at radius 2 is 1.54 bits per heavy atom. The van der Waals surface area contributed by atoms with E-state index in [2.05, 4.69) is 15.7 Å². The third-order valence-electron chi connectivity index (χ3n) is 1.31. The average molecular weight is 177 g/mol. The summed E-state index contributed by atoms with van der Waals surface area (Å²) in [5, 5.41) is 1.35. The maximum absolute atomic E-state index is 10.6. The largest absolute Gasteiger partial charge is 0.372 e. The fourth-order valence-electron chi connectivity index (χ4n) is 0.884. The van der Waals surface area contributed by atoms with Crippen molar-refractivity contribution < 1.29 is 9.59 Å². The lowest BCUT2D eigenvalue weighted by atomic mass is 10.3. The van der Waals surface area contributed by atoms with Crippen molar-refractivity contribution in [1.29, 1.82) is 0 Å². The Kier molecular flexibility index (Phi) is 2.86. The number of carbonyl (C=O) groups is 2. The first kappa shape index (κ1) is 9.05. The first-order valence-electron chi connectivity index (χ1n) is 3.49. The van der Waals surface area contributed by atoms with Crippen molar-refractivity contribution in [3.63, 3.8) is 0 Å². The molecular formula is C8H7N3O2. The Morgan fingerprint density at radius 1 is 1.15 bits per heavy atom. The normalized spacial score (nSPS) is 11.5. The molecule has 1 aliphatic rings. The van der Waals surface area contributed by atoms with Crippen molar-refractivity contribution in [2.45, 2.75) is 0 Å². The molecule has 1 aromatic rings. The van der Waals surface area contributed by atoms with Gasteiger partial charge in [-0.05, 0) is 12.1 Å². The van der Waals surface area contributed by atoms with Crippen LogP contribution in [0.15, 0.2) is 34.3 Å². The molecule has 0 aromatic heterocycles. The van der Waals surface area contributed by atoms with Gasteiger partial charge in [0.2, 0.25) is 6.41 Å². The zero-order chi connectivity index (χ0) is 9.68. The van der Waals surface area contributed by atoms with Gasteiger partial charge in [-0.25, -0.2) is 4.79 Å². The van der Waals surface area contributed by atoms with Crippen molar-refractivity contribution in [2.75, 3.05) is 0 Å². The first-order valence-corrected chi connectivity index (χ1v) is 3.49.